The van der Waals surface area contributed by atoms with Crippen molar-refractivity contribution in [3.8, 4) is 0 Å². The second kappa shape index (κ2) is 6.06. The molecule has 0 aromatic carbocycles. The number of nitrogens with one attached hydrogen (secondary N) is 1. The zero-order valence-electron chi connectivity index (χ0n) is 9.88. The van der Waals surface area contributed by atoms with E-state index in [4.69, 9.17) is 4.74 Å². The second-order valence-electron chi connectivity index (χ2n) is 3.26. The standard InChI is InChI=1S/C10H18N2O3/c1-6-15-10(14)9(11-8(3)13)7(2)12(4)5/h6H2,1-5H3,(H,11,13)/b9-7+. The molecule has 86 valence electrons. The van der Waals surface area contributed by atoms with Gasteiger partial charge in [0, 0.05) is 26.7 Å². The molecule has 0 aromatic heterocycles. The Balaban J connectivity index is 4.95. The summed E-state index contributed by atoms with van der Waals surface area (Å²) < 4.78 is 4.84. The van der Waals surface area contributed by atoms with Gasteiger partial charge in [0.1, 0.15) is 5.70 Å². The fourth-order valence-electron chi connectivity index (χ4n) is 0.892. The van der Waals surface area contributed by atoms with Crippen molar-refractivity contribution in [3.63, 3.8) is 0 Å². The van der Waals surface area contributed by atoms with Crippen LogP contribution >= 0.6 is 0 Å². The third kappa shape index (κ3) is 4.49. The van der Waals surface area contributed by atoms with Crippen LogP contribution in [0.2, 0.25) is 0 Å². The lowest BCUT2D eigenvalue weighted by Crippen LogP contribution is -2.30. The summed E-state index contributed by atoms with van der Waals surface area (Å²) in [6, 6.07) is 0. The van der Waals surface area contributed by atoms with Gasteiger partial charge in [-0.05, 0) is 13.8 Å². The van der Waals surface area contributed by atoms with E-state index in [1.165, 1.54) is 6.92 Å². The Kier molecular flexibility index (Phi) is 5.44. The summed E-state index contributed by atoms with van der Waals surface area (Å²) in [7, 11) is 3.58. The normalized spacial score (nSPS) is 11.5. The molecule has 5 heteroatoms. The van der Waals surface area contributed by atoms with Gasteiger partial charge in [-0.15, -0.1) is 0 Å². The minimum absolute atomic E-state index is 0.189. The van der Waals surface area contributed by atoms with Crippen molar-refractivity contribution in [2.24, 2.45) is 0 Å². The first-order valence-electron chi connectivity index (χ1n) is 4.73. The van der Waals surface area contributed by atoms with Gasteiger partial charge in [0.05, 0.1) is 6.61 Å². The summed E-state index contributed by atoms with van der Waals surface area (Å²) >= 11 is 0. The molecule has 0 aliphatic carbocycles. The van der Waals surface area contributed by atoms with E-state index in [1.54, 1.807) is 32.8 Å². The van der Waals surface area contributed by atoms with Crippen molar-refractivity contribution in [1.29, 1.82) is 0 Å². The number of carbonyl (C=O) groups excluding carboxylic acids is 2. The van der Waals surface area contributed by atoms with Crippen molar-refractivity contribution >= 4 is 11.9 Å². The number of rotatable bonds is 4. The van der Waals surface area contributed by atoms with Crippen LogP contribution in [0.15, 0.2) is 11.4 Å². The maximum Gasteiger partial charge on any atom is 0.356 e. The third-order valence-corrected chi connectivity index (χ3v) is 1.81. The zero-order valence-corrected chi connectivity index (χ0v) is 9.88. The summed E-state index contributed by atoms with van der Waals surface area (Å²) in [5, 5.41) is 2.47. The minimum Gasteiger partial charge on any atom is -0.461 e. The Morgan fingerprint density at radius 1 is 1.27 bits per heavy atom. The average molecular weight is 214 g/mol. The molecule has 5 nitrogen and oxygen atoms in total. The van der Waals surface area contributed by atoms with Crippen molar-refractivity contribution in [2.45, 2.75) is 20.8 Å². The van der Waals surface area contributed by atoms with E-state index in [1.807, 2.05) is 0 Å². The summed E-state index contributed by atoms with van der Waals surface area (Å²) in [4.78, 5) is 24.2. The first-order chi connectivity index (χ1) is 6.90. The monoisotopic (exact) mass is 214 g/mol. The van der Waals surface area contributed by atoms with Crippen LogP contribution in [0, 0.1) is 0 Å². The highest BCUT2D eigenvalue weighted by atomic mass is 16.5. The number of hydrogen-bond donors (Lipinski definition) is 1. The van der Waals surface area contributed by atoms with Crippen molar-refractivity contribution in [2.75, 3.05) is 20.7 Å². The lowest BCUT2D eigenvalue weighted by atomic mass is 10.3. The molecule has 0 aliphatic heterocycles. The Morgan fingerprint density at radius 2 is 1.80 bits per heavy atom. The van der Waals surface area contributed by atoms with Crippen LogP contribution in [0.25, 0.3) is 0 Å². The minimum atomic E-state index is -0.515. The summed E-state index contributed by atoms with van der Waals surface area (Å²) in [6.07, 6.45) is 0. The summed E-state index contributed by atoms with van der Waals surface area (Å²) in [6.45, 7) is 5.08. The Bertz CT molecular complexity index is 282. The molecule has 0 aliphatic rings. The molecular formula is C10H18N2O3. The number of allylic oxidation sites excluding steroid dienone is 1. The van der Waals surface area contributed by atoms with Gasteiger partial charge in [-0.3, -0.25) is 4.79 Å². The van der Waals surface area contributed by atoms with E-state index in [0.29, 0.717) is 5.70 Å². The molecule has 0 radical (unpaired) electrons. The van der Waals surface area contributed by atoms with Gasteiger partial charge in [-0.2, -0.15) is 0 Å². The van der Waals surface area contributed by atoms with Crippen LogP contribution in [0.4, 0.5) is 0 Å². The van der Waals surface area contributed by atoms with Crippen LogP contribution in [0.5, 0.6) is 0 Å². The molecule has 0 rings (SSSR count). The molecule has 0 unspecified atom stereocenters. The highest BCUT2D eigenvalue weighted by molar-refractivity contribution is 5.93. The van der Waals surface area contributed by atoms with E-state index < -0.39 is 5.97 Å². The van der Waals surface area contributed by atoms with E-state index >= 15 is 0 Å². The predicted molar refractivity (Wildman–Crippen MR) is 56.8 cm³/mol. The number of hydrogen-bond acceptors (Lipinski definition) is 4. The average Bonchev–Trinajstić information content (AvgIpc) is 2.13. The van der Waals surface area contributed by atoms with Crippen LogP contribution in [0.3, 0.4) is 0 Å². The lowest BCUT2D eigenvalue weighted by Gasteiger charge is -2.17. The van der Waals surface area contributed by atoms with Crippen molar-refractivity contribution in [3.05, 3.63) is 11.4 Å². The fraction of sp³-hybridized carbons (Fsp3) is 0.600. The zero-order chi connectivity index (χ0) is 12.0. The molecule has 0 aromatic rings. The Hall–Kier alpha value is -1.52. The molecule has 1 amide bonds. The predicted octanol–water partition coefficient (Wildman–Crippen LogP) is 0.479. The van der Waals surface area contributed by atoms with Crippen LogP contribution in [0.1, 0.15) is 20.8 Å². The molecule has 0 spiro atoms. The number of ether oxygens (including phenoxy) is 1. The third-order valence-electron chi connectivity index (χ3n) is 1.81. The van der Waals surface area contributed by atoms with Gasteiger partial charge < -0.3 is 15.0 Å². The molecule has 0 saturated carbocycles. The maximum absolute atomic E-state index is 11.5. The SMILES string of the molecule is CCOC(=O)/C(NC(C)=O)=C(/C)N(C)C. The Labute approximate surface area is 90.1 Å². The van der Waals surface area contributed by atoms with Crippen LogP contribution in [-0.4, -0.2) is 37.5 Å². The van der Waals surface area contributed by atoms with Gasteiger partial charge in [0.2, 0.25) is 5.91 Å². The van der Waals surface area contributed by atoms with Gasteiger partial charge in [0.15, 0.2) is 0 Å². The lowest BCUT2D eigenvalue weighted by molar-refractivity contribution is -0.140. The van der Waals surface area contributed by atoms with Gasteiger partial charge in [0.25, 0.3) is 0 Å². The van der Waals surface area contributed by atoms with Gasteiger partial charge in [-0.1, -0.05) is 0 Å². The largest absolute Gasteiger partial charge is 0.461 e. The van der Waals surface area contributed by atoms with E-state index in [9.17, 15) is 9.59 Å². The van der Waals surface area contributed by atoms with Gasteiger partial charge in [-0.25, -0.2) is 4.79 Å². The quantitative estimate of drug-likeness (QED) is 0.546. The topological polar surface area (TPSA) is 58.6 Å². The molecule has 0 heterocycles. The van der Waals surface area contributed by atoms with Crippen LogP contribution in [-0.2, 0) is 14.3 Å². The summed E-state index contributed by atoms with van der Waals surface area (Å²) in [5.74, 6) is -0.807. The van der Waals surface area contributed by atoms with E-state index in [2.05, 4.69) is 5.32 Å². The fourth-order valence-corrected chi connectivity index (χ4v) is 0.892. The van der Waals surface area contributed by atoms with E-state index in [0.717, 1.165) is 0 Å². The molecule has 0 atom stereocenters. The summed E-state index contributed by atoms with van der Waals surface area (Å²) in [5.41, 5.74) is 0.845. The molecule has 0 saturated heterocycles. The molecule has 0 bridgehead atoms. The van der Waals surface area contributed by atoms with Crippen LogP contribution < -0.4 is 5.32 Å². The highest BCUT2D eigenvalue weighted by Gasteiger charge is 2.16. The number of amides is 1. The van der Waals surface area contributed by atoms with Gasteiger partial charge >= 0.3 is 5.97 Å². The molecule has 1 N–H and O–H groups in total. The first kappa shape index (κ1) is 13.5. The molecule has 0 fully saturated rings. The second-order valence-corrected chi connectivity index (χ2v) is 3.26. The Morgan fingerprint density at radius 3 is 2.13 bits per heavy atom. The first-order valence-corrected chi connectivity index (χ1v) is 4.73. The number of carbonyl (C=O) groups is 2. The van der Waals surface area contributed by atoms with Crippen molar-refractivity contribution in [1.82, 2.24) is 10.2 Å². The molecule has 15 heavy (non-hydrogen) atoms. The molecular weight excluding hydrogens is 196 g/mol. The maximum atomic E-state index is 11.5. The van der Waals surface area contributed by atoms with Crippen molar-refractivity contribution < 1.29 is 14.3 Å². The highest BCUT2D eigenvalue weighted by Crippen LogP contribution is 2.05. The number of nitrogens with zero attached hydrogens (tertiary/aromatic N) is 1. The number of esters is 1. The van der Waals surface area contributed by atoms with E-state index in [-0.39, 0.29) is 18.2 Å². The smallest absolute Gasteiger partial charge is 0.356 e.